The Morgan fingerprint density at radius 1 is 1.12 bits per heavy atom. The Labute approximate surface area is 159 Å². The molecule has 26 heavy (non-hydrogen) atoms. The van der Waals surface area contributed by atoms with E-state index < -0.39 is 0 Å². The molecule has 8 heteroatoms. The van der Waals surface area contributed by atoms with Crippen LogP contribution in [0.4, 0.5) is 0 Å². The lowest BCUT2D eigenvalue weighted by molar-refractivity contribution is 0.878. The minimum atomic E-state index is 0.759. The molecule has 3 aromatic heterocycles. The molecule has 1 aromatic carbocycles. The molecule has 0 radical (unpaired) electrons. The van der Waals surface area contributed by atoms with Crippen molar-refractivity contribution in [3.8, 4) is 17.1 Å². The first-order valence-corrected chi connectivity index (χ1v) is 9.77. The maximum atomic E-state index is 4.54. The van der Waals surface area contributed by atoms with Crippen LogP contribution in [0.2, 0.25) is 0 Å². The van der Waals surface area contributed by atoms with Gasteiger partial charge >= 0.3 is 0 Å². The molecular formula is C18H16N6S2. The Kier molecular flexibility index (Phi) is 4.77. The van der Waals surface area contributed by atoms with Crippen molar-refractivity contribution in [3.05, 3.63) is 60.2 Å². The van der Waals surface area contributed by atoms with Gasteiger partial charge in [0, 0.05) is 24.4 Å². The number of hydrogen-bond donors (Lipinski definition) is 0. The SMILES string of the molecule is CCc1nsc(Sc2nnc(-c3cccnc3)n2-c2ccccc2C)n1. The minimum Gasteiger partial charge on any atom is -0.269 e. The summed E-state index contributed by atoms with van der Waals surface area (Å²) < 4.78 is 7.28. The molecule has 3 heterocycles. The number of rotatable bonds is 5. The summed E-state index contributed by atoms with van der Waals surface area (Å²) in [6.45, 7) is 4.13. The molecule has 6 nitrogen and oxygen atoms in total. The Hall–Kier alpha value is -2.58. The first kappa shape index (κ1) is 16.9. The zero-order valence-electron chi connectivity index (χ0n) is 14.3. The van der Waals surface area contributed by atoms with Crippen molar-refractivity contribution >= 4 is 23.3 Å². The molecule has 4 rings (SSSR count). The van der Waals surface area contributed by atoms with Crippen LogP contribution in [0.5, 0.6) is 0 Å². The van der Waals surface area contributed by atoms with E-state index in [9.17, 15) is 0 Å². The number of pyridine rings is 1. The number of benzene rings is 1. The van der Waals surface area contributed by atoms with Crippen molar-refractivity contribution in [1.82, 2.24) is 29.1 Å². The van der Waals surface area contributed by atoms with Gasteiger partial charge in [-0.15, -0.1) is 10.2 Å². The summed E-state index contributed by atoms with van der Waals surface area (Å²) >= 11 is 2.87. The van der Waals surface area contributed by atoms with Crippen LogP contribution in [-0.4, -0.2) is 29.1 Å². The molecule has 0 bridgehead atoms. The second-order valence-electron chi connectivity index (χ2n) is 5.60. The molecular weight excluding hydrogens is 364 g/mol. The lowest BCUT2D eigenvalue weighted by atomic mass is 10.2. The number of hydrogen-bond acceptors (Lipinski definition) is 7. The van der Waals surface area contributed by atoms with Gasteiger partial charge in [-0.25, -0.2) is 4.98 Å². The molecule has 0 saturated heterocycles. The van der Waals surface area contributed by atoms with Crippen LogP contribution < -0.4 is 0 Å². The monoisotopic (exact) mass is 380 g/mol. The van der Waals surface area contributed by atoms with E-state index in [0.717, 1.165) is 44.4 Å². The fraction of sp³-hybridized carbons (Fsp3) is 0.167. The molecule has 0 aliphatic carbocycles. The van der Waals surface area contributed by atoms with Gasteiger partial charge in [0.25, 0.3) is 0 Å². The quantitative estimate of drug-likeness (QED) is 0.517. The van der Waals surface area contributed by atoms with Crippen molar-refractivity contribution in [3.63, 3.8) is 0 Å². The lowest BCUT2D eigenvalue weighted by Crippen LogP contribution is -2.01. The van der Waals surface area contributed by atoms with Gasteiger partial charge in [-0.05, 0) is 54.0 Å². The Morgan fingerprint density at radius 3 is 2.73 bits per heavy atom. The lowest BCUT2D eigenvalue weighted by Gasteiger charge is -2.12. The van der Waals surface area contributed by atoms with Crippen LogP contribution >= 0.6 is 23.3 Å². The van der Waals surface area contributed by atoms with Gasteiger partial charge in [0.05, 0.1) is 5.69 Å². The van der Waals surface area contributed by atoms with Gasteiger partial charge in [0.2, 0.25) is 5.16 Å². The van der Waals surface area contributed by atoms with Crippen LogP contribution in [0.25, 0.3) is 17.1 Å². The molecule has 0 unspecified atom stereocenters. The Morgan fingerprint density at radius 2 is 2.00 bits per heavy atom. The van der Waals surface area contributed by atoms with Crippen LogP contribution in [0.15, 0.2) is 58.3 Å². The molecule has 0 aliphatic rings. The molecule has 0 amide bonds. The summed E-state index contributed by atoms with van der Waals surface area (Å²) in [5.74, 6) is 1.61. The third kappa shape index (κ3) is 3.25. The van der Waals surface area contributed by atoms with Gasteiger partial charge in [-0.3, -0.25) is 9.55 Å². The van der Waals surface area contributed by atoms with Crippen LogP contribution in [0.3, 0.4) is 0 Å². The van der Waals surface area contributed by atoms with E-state index in [4.69, 9.17) is 0 Å². The number of nitrogens with zero attached hydrogens (tertiary/aromatic N) is 6. The molecule has 0 atom stereocenters. The number of aromatic nitrogens is 6. The number of para-hydroxylation sites is 1. The summed E-state index contributed by atoms with van der Waals surface area (Å²) in [6, 6.07) is 12.1. The highest BCUT2D eigenvalue weighted by atomic mass is 32.2. The highest BCUT2D eigenvalue weighted by molar-refractivity contribution is 8.00. The molecule has 130 valence electrons. The van der Waals surface area contributed by atoms with Gasteiger partial charge in [-0.1, -0.05) is 25.1 Å². The van der Waals surface area contributed by atoms with E-state index in [1.165, 1.54) is 23.3 Å². The van der Waals surface area contributed by atoms with Gasteiger partial charge in [0.15, 0.2) is 10.2 Å². The van der Waals surface area contributed by atoms with E-state index >= 15 is 0 Å². The van der Waals surface area contributed by atoms with E-state index in [1.54, 1.807) is 12.4 Å². The smallest absolute Gasteiger partial charge is 0.203 e. The second-order valence-corrected chi connectivity index (χ2v) is 7.57. The molecule has 0 aliphatic heterocycles. The fourth-order valence-corrected chi connectivity index (χ4v) is 4.20. The topological polar surface area (TPSA) is 69.4 Å². The average molecular weight is 381 g/mol. The van der Waals surface area contributed by atoms with E-state index in [0.29, 0.717) is 0 Å². The largest absolute Gasteiger partial charge is 0.269 e. The average Bonchev–Trinajstić information content (AvgIpc) is 3.30. The minimum absolute atomic E-state index is 0.759. The molecule has 0 fully saturated rings. The maximum absolute atomic E-state index is 4.54. The van der Waals surface area contributed by atoms with Crippen molar-refractivity contribution in [2.24, 2.45) is 0 Å². The molecule has 0 spiro atoms. The van der Waals surface area contributed by atoms with E-state index in [2.05, 4.69) is 48.2 Å². The summed E-state index contributed by atoms with van der Waals surface area (Å²) in [5, 5.41) is 9.62. The van der Waals surface area contributed by atoms with E-state index in [1.807, 2.05) is 31.2 Å². The molecule has 0 N–H and O–H groups in total. The first-order valence-electron chi connectivity index (χ1n) is 8.18. The summed E-state index contributed by atoms with van der Waals surface area (Å²) in [5.41, 5.74) is 3.10. The second kappa shape index (κ2) is 7.35. The highest BCUT2D eigenvalue weighted by Gasteiger charge is 2.19. The summed E-state index contributed by atoms with van der Waals surface area (Å²) in [7, 11) is 0. The normalized spacial score (nSPS) is 11.0. The standard InChI is InChI=1S/C18H16N6S2/c1-3-15-20-18(26-23-15)25-17-22-21-16(13-8-6-10-19-11-13)24(17)14-9-5-4-7-12(14)2/h4-11H,3H2,1-2H3. The highest BCUT2D eigenvalue weighted by Crippen LogP contribution is 2.33. The van der Waals surface area contributed by atoms with Crippen molar-refractivity contribution in [2.75, 3.05) is 0 Å². The van der Waals surface area contributed by atoms with E-state index in [-0.39, 0.29) is 0 Å². The predicted molar refractivity (Wildman–Crippen MR) is 103 cm³/mol. The molecule has 0 saturated carbocycles. The molecule has 4 aromatic rings. The first-order chi connectivity index (χ1) is 12.8. The van der Waals surface area contributed by atoms with Gasteiger partial charge in [-0.2, -0.15) is 4.37 Å². The van der Waals surface area contributed by atoms with Gasteiger partial charge < -0.3 is 0 Å². The van der Waals surface area contributed by atoms with Crippen molar-refractivity contribution in [2.45, 2.75) is 29.8 Å². The maximum Gasteiger partial charge on any atom is 0.203 e. The van der Waals surface area contributed by atoms with Crippen molar-refractivity contribution in [1.29, 1.82) is 0 Å². The number of aryl methyl sites for hydroxylation is 2. The fourth-order valence-electron chi connectivity index (χ4n) is 2.55. The zero-order chi connectivity index (χ0) is 17.9. The summed E-state index contributed by atoms with van der Waals surface area (Å²) in [4.78, 5) is 8.76. The van der Waals surface area contributed by atoms with Crippen LogP contribution in [0, 0.1) is 6.92 Å². The zero-order valence-corrected chi connectivity index (χ0v) is 16.0. The predicted octanol–water partition coefficient (Wildman–Crippen LogP) is 4.20. The summed E-state index contributed by atoms with van der Waals surface area (Å²) in [6.07, 6.45) is 4.37. The Balaban J connectivity index is 1.84. The third-order valence-electron chi connectivity index (χ3n) is 3.85. The Bertz CT molecular complexity index is 1030. The van der Waals surface area contributed by atoms with Gasteiger partial charge in [0.1, 0.15) is 5.82 Å². The van der Waals surface area contributed by atoms with Crippen LogP contribution in [0.1, 0.15) is 18.3 Å². The van der Waals surface area contributed by atoms with Crippen LogP contribution in [-0.2, 0) is 6.42 Å². The third-order valence-corrected chi connectivity index (χ3v) is 5.59. The van der Waals surface area contributed by atoms with Crippen molar-refractivity contribution < 1.29 is 0 Å².